The molecule has 2 rings (SSSR count). The Morgan fingerprint density at radius 3 is 2.73 bits per heavy atom. The van der Waals surface area contributed by atoms with Gasteiger partial charge in [0, 0.05) is 26.1 Å². The molecule has 1 unspecified atom stereocenters. The minimum Gasteiger partial charge on any atom is -0.494 e. The van der Waals surface area contributed by atoms with E-state index in [9.17, 15) is 9.18 Å². The number of halogens is 2. The van der Waals surface area contributed by atoms with Gasteiger partial charge in [-0.1, -0.05) is 6.07 Å². The number of nitrogens with one attached hydrogen (secondary N) is 3. The summed E-state index contributed by atoms with van der Waals surface area (Å²) >= 11 is 0. The second kappa shape index (κ2) is 11.2. The molecule has 1 amide bonds. The molecule has 0 aliphatic heterocycles. The molecule has 146 valence electrons. The van der Waals surface area contributed by atoms with Crippen molar-refractivity contribution in [3.8, 4) is 5.75 Å². The highest BCUT2D eigenvalue weighted by Gasteiger charge is 2.22. The first-order valence-corrected chi connectivity index (χ1v) is 8.63. The third kappa shape index (κ3) is 7.35. The molecule has 26 heavy (non-hydrogen) atoms. The van der Waals surface area contributed by atoms with Gasteiger partial charge in [0.25, 0.3) is 0 Å². The Balaban J connectivity index is 0.00000338. The Kier molecular flexibility index (Phi) is 9.68. The normalized spacial score (nSPS) is 14.8. The number of carbonyl (C=O) groups excluding carboxylic acids is 1. The van der Waals surface area contributed by atoms with Crippen molar-refractivity contribution < 1.29 is 13.9 Å². The van der Waals surface area contributed by atoms with Crippen LogP contribution in [0.4, 0.5) is 4.39 Å². The molecule has 1 atom stereocenters. The van der Waals surface area contributed by atoms with Gasteiger partial charge in [-0.3, -0.25) is 9.79 Å². The lowest BCUT2D eigenvalue weighted by Crippen LogP contribution is -2.39. The van der Waals surface area contributed by atoms with Crippen molar-refractivity contribution in [3.63, 3.8) is 0 Å². The van der Waals surface area contributed by atoms with Crippen molar-refractivity contribution in [2.75, 3.05) is 20.7 Å². The first-order chi connectivity index (χ1) is 12.0. The fourth-order valence-electron chi connectivity index (χ4n) is 2.42. The van der Waals surface area contributed by atoms with Gasteiger partial charge in [0.2, 0.25) is 5.91 Å². The van der Waals surface area contributed by atoms with Gasteiger partial charge in [0.15, 0.2) is 17.5 Å². The van der Waals surface area contributed by atoms with E-state index in [4.69, 9.17) is 4.74 Å². The number of hydrogen-bond acceptors (Lipinski definition) is 3. The molecular formula is C18H28FIN4O2. The van der Waals surface area contributed by atoms with Crippen molar-refractivity contribution in [2.24, 2.45) is 4.99 Å². The van der Waals surface area contributed by atoms with Crippen molar-refractivity contribution >= 4 is 35.8 Å². The molecule has 0 spiro atoms. The molecule has 1 aliphatic rings. The van der Waals surface area contributed by atoms with E-state index in [0.717, 1.165) is 24.8 Å². The van der Waals surface area contributed by atoms with Crippen LogP contribution in [0.25, 0.3) is 0 Å². The number of benzene rings is 1. The van der Waals surface area contributed by atoms with Crippen LogP contribution in [0.15, 0.2) is 23.2 Å². The van der Waals surface area contributed by atoms with E-state index in [-0.39, 0.29) is 41.7 Å². The standard InChI is InChI=1S/C18H27FN4O2.HI/c1-12(13-6-9-16(25-3)15(19)11-13)22-18(20-2)21-10-4-5-17(24)23-14-7-8-14;/h6,9,11-12,14H,4-5,7-8,10H2,1-3H3,(H,23,24)(H2,20,21,22);1H. The predicted molar refractivity (Wildman–Crippen MR) is 112 cm³/mol. The molecule has 0 aromatic heterocycles. The van der Waals surface area contributed by atoms with Crippen LogP contribution in [0.3, 0.4) is 0 Å². The minimum atomic E-state index is -0.390. The van der Waals surface area contributed by atoms with Gasteiger partial charge in [-0.2, -0.15) is 0 Å². The fraction of sp³-hybridized carbons (Fsp3) is 0.556. The van der Waals surface area contributed by atoms with Crippen LogP contribution in [-0.4, -0.2) is 38.6 Å². The van der Waals surface area contributed by atoms with Crippen molar-refractivity contribution in [3.05, 3.63) is 29.6 Å². The summed E-state index contributed by atoms with van der Waals surface area (Å²) in [5.74, 6) is 0.557. The lowest BCUT2D eigenvalue weighted by molar-refractivity contribution is -0.121. The third-order valence-electron chi connectivity index (χ3n) is 4.07. The Bertz CT molecular complexity index is 623. The summed E-state index contributed by atoms with van der Waals surface area (Å²) in [6.07, 6.45) is 3.43. The first kappa shape index (κ1) is 22.5. The Labute approximate surface area is 171 Å². The van der Waals surface area contributed by atoms with E-state index in [1.807, 2.05) is 13.0 Å². The molecule has 6 nitrogen and oxygen atoms in total. The average Bonchev–Trinajstić information content (AvgIpc) is 3.41. The van der Waals surface area contributed by atoms with Crippen LogP contribution < -0.4 is 20.7 Å². The summed E-state index contributed by atoms with van der Waals surface area (Å²) in [6.45, 7) is 2.57. The zero-order valence-corrected chi connectivity index (χ0v) is 17.8. The molecule has 1 aromatic rings. The summed E-state index contributed by atoms with van der Waals surface area (Å²) in [4.78, 5) is 15.8. The smallest absolute Gasteiger partial charge is 0.220 e. The summed E-state index contributed by atoms with van der Waals surface area (Å²) < 4.78 is 18.7. The lowest BCUT2D eigenvalue weighted by Gasteiger charge is -2.18. The van der Waals surface area contributed by atoms with E-state index < -0.39 is 5.82 Å². The number of nitrogens with zero attached hydrogens (tertiary/aromatic N) is 1. The quantitative estimate of drug-likeness (QED) is 0.233. The van der Waals surface area contributed by atoms with Gasteiger partial charge in [-0.15, -0.1) is 24.0 Å². The maximum atomic E-state index is 13.8. The zero-order chi connectivity index (χ0) is 18.2. The highest BCUT2D eigenvalue weighted by Crippen LogP contribution is 2.21. The maximum absolute atomic E-state index is 13.8. The van der Waals surface area contributed by atoms with Crippen LogP contribution in [0, 0.1) is 5.82 Å². The van der Waals surface area contributed by atoms with E-state index in [2.05, 4.69) is 20.9 Å². The maximum Gasteiger partial charge on any atom is 0.220 e. The topological polar surface area (TPSA) is 74.8 Å². The van der Waals surface area contributed by atoms with Gasteiger partial charge in [0.1, 0.15) is 0 Å². The number of aliphatic imine (C=N–C) groups is 1. The van der Waals surface area contributed by atoms with Gasteiger partial charge in [0.05, 0.1) is 13.2 Å². The molecular weight excluding hydrogens is 450 g/mol. The van der Waals surface area contributed by atoms with Crippen LogP contribution in [0.5, 0.6) is 5.75 Å². The largest absolute Gasteiger partial charge is 0.494 e. The summed E-state index contributed by atoms with van der Waals surface area (Å²) in [5, 5.41) is 9.35. The Hall–Kier alpha value is -1.58. The molecule has 3 N–H and O–H groups in total. The molecule has 0 heterocycles. The molecule has 1 saturated carbocycles. The number of amides is 1. The molecule has 1 aromatic carbocycles. The van der Waals surface area contributed by atoms with Crippen molar-refractivity contribution in [1.29, 1.82) is 0 Å². The number of methoxy groups -OCH3 is 1. The number of rotatable bonds is 8. The second-order valence-corrected chi connectivity index (χ2v) is 6.20. The fourth-order valence-corrected chi connectivity index (χ4v) is 2.42. The van der Waals surface area contributed by atoms with E-state index >= 15 is 0 Å². The summed E-state index contributed by atoms with van der Waals surface area (Å²) in [6, 6.07) is 5.16. The highest BCUT2D eigenvalue weighted by atomic mass is 127. The second-order valence-electron chi connectivity index (χ2n) is 6.20. The first-order valence-electron chi connectivity index (χ1n) is 8.63. The van der Waals surface area contributed by atoms with Crippen LogP contribution in [0.2, 0.25) is 0 Å². The number of ether oxygens (including phenoxy) is 1. The van der Waals surface area contributed by atoms with Crippen molar-refractivity contribution in [2.45, 2.75) is 44.7 Å². The molecule has 8 heteroatoms. The summed E-state index contributed by atoms with van der Waals surface area (Å²) in [7, 11) is 3.12. The molecule has 0 bridgehead atoms. The number of hydrogen-bond donors (Lipinski definition) is 3. The molecule has 0 saturated heterocycles. The third-order valence-corrected chi connectivity index (χ3v) is 4.07. The summed E-state index contributed by atoms with van der Waals surface area (Å²) in [5.41, 5.74) is 0.796. The SMILES string of the molecule is CN=C(NCCCC(=O)NC1CC1)NC(C)c1ccc(OC)c(F)c1.I. The van der Waals surface area contributed by atoms with Gasteiger partial charge in [-0.25, -0.2) is 4.39 Å². The monoisotopic (exact) mass is 478 g/mol. The van der Waals surface area contributed by atoms with E-state index in [1.54, 1.807) is 13.1 Å². The molecule has 0 radical (unpaired) electrons. The van der Waals surface area contributed by atoms with Gasteiger partial charge < -0.3 is 20.7 Å². The van der Waals surface area contributed by atoms with Crippen molar-refractivity contribution in [1.82, 2.24) is 16.0 Å². The van der Waals surface area contributed by atoms with Gasteiger partial charge >= 0.3 is 0 Å². The minimum absolute atomic E-state index is 0. The van der Waals surface area contributed by atoms with Crippen LogP contribution in [-0.2, 0) is 4.79 Å². The molecule has 1 fully saturated rings. The zero-order valence-electron chi connectivity index (χ0n) is 15.5. The lowest BCUT2D eigenvalue weighted by atomic mass is 10.1. The van der Waals surface area contributed by atoms with E-state index in [0.29, 0.717) is 25.0 Å². The Morgan fingerprint density at radius 1 is 1.42 bits per heavy atom. The van der Waals surface area contributed by atoms with Gasteiger partial charge in [-0.05, 0) is 43.9 Å². The average molecular weight is 478 g/mol. The van der Waals surface area contributed by atoms with E-state index in [1.165, 1.54) is 13.2 Å². The van der Waals surface area contributed by atoms with Crippen LogP contribution >= 0.6 is 24.0 Å². The highest BCUT2D eigenvalue weighted by molar-refractivity contribution is 14.0. The molecule has 1 aliphatic carbocycles. The Morgan fingerprint density at radius 2 is 2.15 bits per heavy atom. The number of carbonyl (C=O) groups is 1. The predicted octanol–water partition coefficient (Wildman–Crippen LogP) is 2.74. The van der Waals surface area contributed by atoms with Crippen LogP contribution in [0.1, 0.15) is 44.2 Å². The number of guanidine groups is 1.